The van der Waals surface area contributed by atoms with E-state index < -0.39 is 0 Å². The molecule has 0 amide bonds. The summed E-state index contributed by atoms with van der Waals surface area (Å²) in [5.74, 6) is 0.155. The van der Waals surface area contributed by atoms with Crippen LogP contribution in [0.5, 0.6) is 0 Å². The largest absolute Gasteiger partial charge is 0.378 e. The van der Waals surface area contributed by atoms with Crippen molar-refractivity contribution in [3.8, 4) is 0 Å². The molecule has 0 atom stereocenters. The zero-order valence-corrected chi connectivity index (χ0v) is 12.4. The van der Waals surface area contributed by atoms with Crippen LogP contribution in [0.4, 0.5) is 10.1 Å². The van der Waals surface area contributed by atoms with Gasteiger partial charge in [-0.2, -0.15) is 0 Å². The molecule has 0 bridgehead atoms. The van der Waals surface area contributed by atoms with E-state index in [1.54, 1.807) is 30.3 Å². The number of hydrogen-bond acceptors (Lipinski definition) is 3. The van der Waals surface area contributed by atoms with Crippen LogP contribution in [0.15, 0.2) is 51.7 Å². The number of rotatable bonds is 3. The third-order valence-corrected chi connectivity index (χ3v) is 3.68. The smallest absolute Gasteiger partial charge is 0.258 e. The lowest BCUT2D eigenvalue weighted by atomic mass is 10.2. The molecule has 0 aliphatic carbocycles. The van der Waals surface area contributed by atoms with Crippen molar-refractivity contribution in [2.45, 2.75) is 6.54 Å². The van der Waals surface area contributed by atoms with Gasteiger partial charge >= 0.3 is 0 Å². The third kappa shape index (κ3) is 2.95. The molecule has 0 saturated heterocycles. The Morgan fingerprint density at radius 1 is 1.24 bits per heavy atom. The summed E-state index contributed by atoms with van der Waals surface area (Å²) in [5.41, 5.74) is 1.07. The molecule has 2 aromatic carbocycles. The van der Waals surface area contributed by atoms with Gasteiger partial charge in [-0.25, -0.2) is 9.37 Å². The normalized spacial score (nSPS) is 10.8. The number of aromatic amines is 1. The minimum absolute atomic E-state index is 0.181. The summed E-state index contributed by atoms with van der Waals surface area (Å²) in [6.45, 7) is 0.307. The van der Waals surface area contributed by atoms with Crippen LogP contribution in [0.1, 0.15) is 5.82 Å². The first-order valence-corrected chi connectivity index (χ1v) is 7.09. The summed E-state index contributed by atoms with van der Waals surface area (Å²) < 4.78 is 13.8. The van der Waals surface area contributed by atoms with Crippen LogP contribution in [-0.4, -0.2) is 9.97 Å². The van der Waals surface area contributed by atoms with Crippen LogP contribution in [0, 0.1) is 5.82 Å². The fraction of sp³-hybridized carbons (Fsp3) is 0.0667. The molecule has 0 fully saturated rings. The summed E-state index contributed by atoms with van der Waals surface area (Å²) in [7, 11) is 0. The predicted octanol–water partition coefficient (Wildman–Crippen LogP) is 3.44. The van der Waals surface area contributed by atoms with Crippen molar-refractivity contribution in [2.75, 3.05) is 5.32 Å². The van der Waals surface area contributed by atoms with Crippen LogP contribution in [0.2, 0.25) is 0 Å². The lowest BCUT2D eigenvalue weighted by Gasteiger charge is -2.07. The second-order valence-corrected chi connectivity index (χ2v) is 5.37. The molecule has 0 saturated carbocycles. The Kier molecular flexibility index (Phi) is 3.70. The quantitative estimate of drug-likeness (QED) is 0.762. The Morgan fingerprint density at radius 3 is 2.86 bits per heavy atom. The molecule has 0 unspecified atom stereocenters. The van der Waals surface area contributed by atoms with Crippen molar-refractivity contribution in [3.63, 3.8) is 0 Å². The number of hydrogen-bond donors (Lipinski definition) is 2. The van der Waals surface area contributed by atoms with Crippen molar-refractivity contribution < 1.29 is 4.39 Å². The third-order valence-electron chi connectivity index (χ3n) is 3.04. The molecule has 3 rings (SSSR count). The van der Waals surface area contributed by atoms with Crippen LogP contribution in [-0.2, 0) is 6.54 Å². The van der Waals surface area contributed by atoms with Crippen molar-refractivity contribution in [3.05, 3.63) is 68.9 Å². The number of fused-ring (bicyclic) bond motifs is 1. The SMILES string of the molecule is O=c1[nH]c(CNc2ccc(Br)c(F)c2)nc2ccccc12. The summed E-state index contributed by atoms with van der Waals surface area (Å²) in [6, 6.07) is 11.9. The van der Waals surface area contributed by atoms with E-state index in [1.807, 2.05) is 6.07 Å². The lowest BCUT2D eigenvalue weighted by molar-refractivity contribution is 0.621. The van der Waals surface area contributed by atoms with E-state index in [9.17, 15) is 9.18 Å². The number of nitrogens with zero attached hydrogens (tertiary/aromatic N) is 1. The Morgan fingerprint density at radius 2 is 2.05 bits per heavy atom. The number of H-pyrrole nitrogens is 1. The van der Waals surface area contributed by atoms with Gasteiger partial charge in [0.05, 0.1) is 21.9 Å². The molecule has 0 spiro atoms. The van der Waals surface area contributed by atoms with Gasteiger partial charge in [-0.05, 0) is 46.3 Å². The van der Waals surface area contributed by atoms with Crippen molar-refractivity contribution in [1.29, 1.82) is 0 Å². The highest BCUT2D eigenvalue weighted by molar-refractivity contribution is 9.10. The number of nitrogens with one attached hydrogen (secondary N) is 2. The van der Waals surface area contributed by atoms with Gasteiger partial charge in [-0.15, -0.1) is 0 Å². The summed E-state index contributed by atoms with van der Waals surface area (Å²) in [5, 5.41) is 3.58. The van der Waals surface area contributed by atoms with E-state index in [4.69, 9.17) is 0 Å². The fourth-order valence-corrected chi connectivity index (χ4v) is 2.26. The molecule has 0 aliphatic rings. The minimum Gasteiger partial charge on any atom is -0.378 e. The van der Waals surface area contributed by atoms with Crippen molar-refractivity contribution in [1.82, 2.24) is 9.97 Å². The summed E-state index contributed by atoms with van der Waals surface area (Å²) in [4.78, 5) is 19.0. The molecule has 21 heavy (non-hydrogen) atoms. The van der Waals surface area contributed by atoms with E-state index in [0.717, 1.165) is 0 Å². The molecule has 106 valence electrons. The molecule has 2 N–H and O–H groups in total. The first-order valence-electron chi connectivity index (χ1n) is 6.30. The standard InChI is InChI=1S/C15H11BrFN3O/c16-11-6-5-9(7-12(11)17)18-8-14-19-13-4-2-1-3-10(13)15(21)20-14/h1-7,18H,8H2,(H,19,20,21). The van der Waals surface area contributed by atoms with Crippen LogP contribution >= 0.6 is 15.9 Å². The van der Waals surface area contributed by atoms with Crippen molar-refractivity contribution >= 4 is 32.5 Å². The number of para-hydroxylation sites is 1. The Labute approximate surface area is 128 Å². The molecule has 0 aliphatic heterocycles. The number of aromatic nitrogens is 2. The second kappa shape index (κ2) is 5.65. The van der Waals surface area contributed by atoms with Gasteiger partial charge in [0.1, 0.15) is 11.6 Å². The molecule has 3 aromatic rings. The summed E-state index contributed by atoms with van der Waals surface area (Å²) >= 11 is 3.10. The van der Waals surface area contributed by atoms with Crippen molar-refractivity contribution in [2.24, 2.45) is 0 Å². The average molecular weight is 348 g/mol. The molecule has 1 aromatic heterocycles. The van der Waals surface area contributed by atoms with Crippen LogP contribution < -0.4 is 10.9 Å². The minimum atomic E-state index is -0.347. The molecule has 0 radical (unpaired) electrons. The Hall–Kier alpha value is -2.21. The maximum absolute atomic E-state index is 13.4. The first kappa shape index (κ1) is 13.8. The zero-order chi connectivity index (χ0) is 14.8. The molecule has 1 heterocycles. The van der Waals surface area contributed by atoms with Gasteiger partial charge in [0.25, 0.3) is 5.56 Å². The predicted molar refractivity (Wildman–Crippen MR) is 83.8 cm³/mol. The maximum atomic E-state index is 13.4. The van der Waals surface area contributed by atoms with Gasteiger partial charge in [-0.1, -0.05) is 12.1 Å². The summed E-state index contributed by atoms with van der Waals surface area (Å²) in [6.07, 6.45) is 0. The molecule has 6 heteroatoms. The second-order valence-electron chi connectivity index (χ2n) is 4.51. The number of anilines is 1. The van der Waals surface area contributed by atoms with Gasteiger partial charge in [-0.3, -0.25) is 4.79 Å². The van der Waals surface area contributed by atoms with Gasteiger partial charge < -0.3 is 10.3 Å². The van der Waals surface area contributed by atoms with E-state index in [1.165, 1.54) is 6.07 Å². The van der Waals surface area contributed by atoms with E-state index in [-0.39, 0.29) is 11.4 Å². The van der Waals surface area contributed by atoms with E-state index in [0.29, 0.717) is 33.4 Å². The average Bonchev–Trinajstić information content (AvgIpc) is 2.49. The number of benzene rings is 2. The molecular weight excluding hydrogens is 337 g/mol. The molecular formula is C15H11BrFN3O. The highest BCUT2D eigenvalue weighted by atomic mass is 79.9. The molecule has 4 nitrogen and oxygen atoms in total. The van der Waals surface area contributed by atoms with Gasteiger partial charge in [0, 0.05) is 5.69 Å². The van der Waals surface area contributed by atoms with Crippen LogP contribution in [0.3, 0.4) is 0 Å². The topological polar surface area (TPSA) is 57.8 Å². The Bertz CT molecular complexity index is 863. The van der Waals surface area contributed by atoms with Gasteiger partial charge in [0.15, 0.2) is 0 Å². The van der Waals surface area contributed by atoms with E-state index in [2.05, 4.69) is 31.2 Å². The van der Waals surface area contributed by atoms with E-state index >= 15 is 0 Å². The highest BCUT2D eigenvalue weighted by Gasteiger charge is 2.04. The maximum Gasteiger partial charge on any atom is 0.258 e. The Balaban J connectivity index is 1.85. The number of halogens is 2. The zero-order valence-electron chi connectivity index (χ0n) is 10.9. The lowest BCUT2D eigenvalue weighted by Crippen LogP contribution is -2.14. The monoisotopic (exact) mass is 347 g/mol. The highest BCUT2D eigenvalue weighted by Crippen LogP contribution is 2.19. The fourth-order valence-electron chi connectivity index (χ4n) is 2.01. The first-order chi connectivity index (χ1) is 10.1. The van der Waals surface area contributed by atoms with Crippen LogP contribution in [0.25, 0.3) is 10.9 Å². The van der Waals surface area contributed by atoms with Gasteiger partial charge in [0.2, 0.25) is 0 Å².